The quantitative estimate of drug-likeness (QED) is 0.814. The molecule has 1 aromatic carbocycles. The summed E-state index contributed by atoms with van der Waals surface area (Å²) in [5.41, 5.74) is 5.91. The fourth-order valence-corrected chi connectivity index (χ4v) is 4.98. The van der Waals surface area contributed by atoms with Crippen LogP contribution in [0.5, 0.6) is 0 Å². The van der Waals surface area contributed by atoms with E-state index in [4.69, 9.17) is 5.73 Å². The van der Waals surface area contributed by atoms with Gasteiger partial charge in [0.05, 0.1) is 5.69 Å². The number of aromatic nitrogens is 2. The Labute approximate surface area is 130 Å². The molecule has 22 heavy (non-hydrogen) atoms. The average Bonchev–Trinajstić information content (AvgIpc) is 3.06. The second-order valence-corrected chi connectivity index (χ2v) is 7.42. The van der Waals surface area contributed by atoms with Gasteiger partial charge in [0.15, 0.2) is 10.5 Å². The first-order valence-corrected chi connectivity index (χ1v) is 8.60. The Hall–Kier alpha value is -2.33. The van der Waals surface area contributed by atoms with Gasteiger partial charge in [-0.3, -0.25) is 4.90 Å². The number of nitrogens with zero attached hydrogens (tertiary/aromatic N) is 5. The van der Waals surface area contributed by atoms with Gasteiger partial charge < -0.3 is 5.73 Å². The molecule has 0 fully saturated rings. The fraction of sp³-hybridized carbons (Fsp3) is 0.0833. The first-order valence-electron chi connectivity index (χ1n) is 6.28. The lowest BCUT2D eigenvalue weighted by Gasteiger charge is -2.22. The highest BCUT2D eigenvalue weighted by molar-refractivity contribution is 8.01. The zero-order valence-corrected chi connectivity index (χ0v) is 12.7. The third-order valence-electron chi connectivity index (χ3n) is 3.25. The molecular formula is C12H10N6O2S2. The summed E-state index contributed by atoms with van der Waals surface area (Å²) < 4.78 is 26.5. The Morgan fingerprint density at radius 2 is 2.05 bits per heavy atom. The Bertz CT molecular complexity index is 885. The Balaban J connectivity index is 1.73. The lowest BCUT2D eigenvalue weighted by Crippen LogP contribution is -2.38. The van der Waals surface area contributed by atoms with Crippen LogP contribution in [0.3, 0.4) is 0 Å². The van der Waals surface area contributed by atoms with Crippen molar-refractivity contribution in [2.45, 2.75) is 15.4 Å². The van der Waals surface area contributed by atoms with Crippen molar-refractivity contribution in [3.63, 3.8) is 0 Å². The van der Waals surface area contributed by atoms with Crippen LogP contribution in [-0.2, 0) is 10.0 Å². The van der Waals surface area contributed by atoms with Crippen molar-refractivity contribution in [2.24, 2.45) is 5.10 Å². The molecule has 0 bridgehead atoms. The van der Waals surface area contributed by atoms with Crippen LogP contribution in [0.25, 0.3) is 0 Å². The molecule has 2 aliphatic rings. The van der Waals surface area contributed by atoms with Gasteiger partial charge in [0.1, 0.15) is 6.34 Å². The third-order valence-corrected chi connectivity index (χ3v) is 6.16. The number of hydrogen-bond donors (Lipinski definition) is 1. The summed E-state index contributed by atoms with van der Waals surface area (Å²) in [6.07, 6.45) is 2.81. The monoisotopic (exact) mass is 334 g/mol. The van der Waals surface area contributed by atoms with E-state index in [2.05, 4.69) is 15.1 Å². The highest BCUT2D eigenvalue weighted by atomic mass is 32.2. The third kappa shape index (κ3) is 1.84. The first kappa shape index (κ1) is 13.3. The van der Waals surface area contributed by atoms with Crippen molar-refractivity contribution in [3.8, 4) is 0 Å². The molecule has 0 aliphatic carbocycles. The molecule has 0 saturated carbocycles. The van der Waals surface area contributed by atoms with E-state index in [1.165, 1.54) is 30.4 Å². The van der Waals surface area contributed by atoms with Crippen LogP contribution in [0.15, 0.2) is 51.6 Å². The lowest BCUT2D eigenvalue weighted by atomic mass is 10.3. The molecular weight excluding hydrogens is 324 g/mol. The van der Waals surface area contributed by atoms with E-state index in [1.807, 2.05) is 29.2 Å². The normalized spacial score (nSPS) is 19.4. The Morgan fingerprint density at radius 1 is 1.23 bits per heavy atom. The van der Waals surface area contributed by atoms with Crippen molar-refractivity contribution in [1.29, 1.82) is 0 Å². The minimum Gasteiger partial charge on any atom is -0.368 e. The predicted molar refractivity (Wildman–Crippen MR) is 82.5 cm³/mol. The van der Waals surface area contributed by atoms with Gasteiger partial charge >= 0.3 is 0 Å². The Kier molecular flexibility index (Phi) is 2.78. The summed E-state index contributed by atoms with van der Waals surface area (Å²) >= 11 is 1.41. The second kappa shape index (κ2) is 4.58. The van der Waals surface area contributed by atoms with Crippen LogP contribution >= 0.6 is 11.8 Å². The Morgan fingerprint density at radius 3 is 2.86 bits per heavy atom. The predicted octanol–water partition coefficient (Wildman–Crippen LogP) is 0.902. The molecule has 3 heterocycles. The van der Waals surface area contributed by atoms with Crippen LogP contribution in [0, 0.1) is 0 Å². The zero-order valence-electron chi connectivity index (χ0n) is 11.1. The van der Waals surface area contributed by atoms with E-state index in [9.17, 15) is 8.42 Å². The molecule has 2 aromatic rings. The topological polar surface area (TPSA) is 105 Å². The number of hydrazone groups is 1. The standard InChI is InChI=1S/C12H10N6O2S2/c13-11-14-6-5-10(16-11)22(19,20)18-12-17(7-15-18)8-3-1-2-4-9(8)21-12/h1-7,12H,(H2,13,14,16). The van der Waals surface area contributed by atoms with Gasteiger partial charge in [0, 0.05) is 11.1 Å². The number of nitrogen functional groups attached to an aromatic ring is 1. The van der Waals surface area contributed by atoms with E-state index in [0.717, 1.165) is 15.0 Å². The zero-order chi connectivity index (χ0) is 15.3. The van der Waals surface area contributed by atoms with Gasteiger partial charge in [0.25, 0.3) is 10.0 Å². The number of para-hydroxylation sites is 1. The molecule has 2 aliphatic heterocycles. The number of sulfonamides is 1. The SMILES string of the molecule is Nc1nccc(S(=O)(=O)N2N=CN3c4ccccc4SC32)n1. The minimum absolute atomic E-state index is 0.0940. The van der Waals surface area contributed by atoms with Crippen molar-refractivity contribution < 1.29 is 8.42 Å². The average molecular weight is 334 g/mol. The first-order chi connectivity index (χ1) is 10.6. The molecule has 0 radical (unpaired) electrons. The lowest BCUT2D eigenvalue weighted by molar-refractivity contribution is 0.439. The highest BCUT2D eigenvalue weighted by Crippen LogP contribution is 2.46. The molecule has 8 nitrogen and oxygen atoms in total. The van der Waals surface area contributed by atoms with Gasteiger partial charge in [-0.25, -0.2) is 4.98 Å². The van der Waals surface area contributed by atoms with E-state index in [-0.39, 0.29) is 11.0 Å². The van der Waals surface area contributed by atoms with Crippen LogP contribution in [0.1, 0.15) is 0 Å². The molecule has 0 saturated heterocycles. The fourth-order valence-electron chi connectivity index (χ4n) is 2.27. The van der Waals surface area contributed by atoms with Crippen molar-refractivity contribution in [3.05, 3.63) is 36.5 Å². The summed E-state index contributed by atoms with van der Waals surface area (Å²) in [6.45, 7) is 0. The number of fused-ring (bicyclic) bond motifs is 3. The van der Waals surface area contributed by atoms with Gasteiger partial charge in [-0.1, -0.05) is 23.9 Å². The summed E-state index contributed by atoms with van der Waals surface area (Å²) in [6, 6.07) is 8.98. The molecule has 0 amide bonds. The largest absolute Gasteiger partial charge is 0.368 e. The number of nitrogens with two attached hydrogens (primary N) is 1. The van der Waals surface area contributed by atoms with Crippen LogP contribution < -0.4 is 10.6 Å². The molecule has 1 aromatic heterocycles. The van der Waals surface area contributed by atoms with Gasteiger partial charge in [-0.2, -0.15) is 13.4 Å². The molecule has 112 valence electrons. The van der Waals surface area contributed by atoms with E-state index in [0.29, 0.717) is 0 Å². The maximum Gasteiger partial charge on any atom is 0.299 e. The number of anilines is 2. The van der Waals surface area contributed by atoms with Crippen LogP contribution in [0.4, 0.5) is 11.6 Å². The van der Waals surface area contributed by atoms with Gasteiger partial charge in [-0.05, 0) is 18.2 Å². The smallest absolute Gasteiger partial charge is 0.299 e. The van der Waals surface area contributed by atoms with Crippen LogP contribution in [0.2, 0.25) is 0 Å². The summed E-state index contributed by atoms with van der Waals surface area (Å²) in [5, 5.41) is 3.85. The van der Waals surface area contributed by atoms with Crippen molar-refractivity contribution >= 4 is 39.8 Å². The van der Waals surface area contributed by atoms with Crippen LogP contribution in [-0.4, -0.2) is 34.6 Å². The molecule has 0 spiro atoms. The summed E-state index contributed by atoms with van der Waals surface area (Å²) in [4.78, 5) is 10.3. The highest BCUT2D eigenvalue weighted by Gasteiger charge is 2.44. The number of thioether (sulfide) groups is 1. The number of rotatable bonds is 2. The molecule has 10 heteroatoms. The molecule has 2 N–H and O–H groups in total. The van der Waals surface area contributed by atoms with Gasteiger partial charge in [0.2, 0.25) is 5.95 Å². The summed E-state index contributed by atoms with van der Waals surface area (Å²) in [5.74, 6) is -0.0940. The van der Waals surface area contributed by atoms with E-state index < -0.39 is 15.5 Å². The van der Waals surface area contributed by atoms with Crippen molar-refractivity contribution in [1.82, 2.24) is 14.4 Å². The molecule has 1 atom stereocenters. The second-order valence-electron chi connectivity index (χ2n) is 4.58. The van der Waals surface area contributed by atoms with Gasteiger partial charge in [-0.15, -0.1) is 9.52 Å². The maximum absolute atomic E-state index is 12.7. The minimum atomic E-state index is -3.89. The molecule has 1 unspecified atom stereocenters. The number of hydrogen-bond acceptors (Lipinski definition) is 8. The number of benzene rings is 1. The summed E-state index contributed by atoms with van der Waals surface area (Å²) in [7, 11) is -3.89. The van der Waals surface area contributed by atoms with Crippen molar-refractivity contribution in [2.75, 3.05) is 10.6 Å². The van der Waals surface area contributed by atoms with E-state index in [1.54, 1.807) is 0 Å². The maximum atomic E-state index is 12.7. The molecule has 4 rings (SSSR count). The van der Waals surface area contributed by atoms with E-state index >= 15 is 0 Å².